The molecule has 5 heteroatoms. The molecule has 0 fully saturated rings. The number of alkyl carbamates (subject to hydrolysis) is 1. The van der Waals surface area contributed by atoms with Gasteiger partial charge in [-0.15, -0.1) is 0 Å². The van der Waals surface area contributed by atoms with Gasteiger partial charge in [0.2, 0.25) is 0 Å². The highest BCUT2D eigenvalue weighted by Gasteiger charge is 2.15. The number of hydrogen-bond acceptors (Lipinski definition) is 4. The van der Waals surface area contributed by atoms with Crippen molar-refractivity contribution >= 4 is 12.1 Å². The van der Waals surface area contributed by atoms with Crippen LogP contribution in [0.3, 0.4) is 0 Å². The lowest BCUT2D eigenvalue weighted by Gasteiger charge is -2.19. The Kier molecular flexibility index (Phi) is 11.5. The Balaban J connectivity index is -0.000000809. The number of hydrogen-bond donors (Lipinski definition) is 1. The molecule has 0 spiro atoms. The molecule has 5 nitrogen and oxygen atoms in total. The average molecular weight is 263 g/mol. The van der Waals surface area contributed by atoms with Gasteiger partial charge < -0.3 is 14.8 Å². The number of carbonyl (C=O) groups excluding carboxylic acids is 2. The second kappa shape index (κ2) is 10.9. The first-order chi connectivity index (χ1) is 8.35. The highest BCUT2D eigenvalue weighted by Crippen LogP contribution is 2.06. The zero-order chi connectivity index (χ0) is 14.6. The van der Waals surface area contributed by atoms with Crippen LogP contribution in [0.15, 0.2) is 0 Å². The SMILES string of the molecule is CC.CCOC(=O)CCCNC(=O)OC(C)(C)C.[HH]. The molecule has 0 unspecified atom stereocenters. The molecule has 0 saturated carbocycles. The zero-order valence-electron chi connectivity index (χ0n) is 12.5. The van der Waals surface area contributed by atoms with Gasteiger partial charge in [-0.3, -0.25) is 4.79 Å². The molecule has 0 aromatic rings. The minimum atomic E-state index is -0.495. The van der Waals surface area contributed by atoms with Gasteiger partial charge in [0.15, 0.2) is 0 Å². The summed E-state index contributed by atoms with van der Waals surface area (Å²) in [6, 6.07) is 0. The fourth-order valence-corrected chi connectivity index (χ4v) is 0.971. The van der Waals surface area contributed by atoms with E-state index in [9.17, 15) is 9.59 Å². The van der Waals surface area contributed by atoms with E-state index in [4.69, 9.17) is 9.47 Å². The summed E-state index contributed by atoms with van der Waals surface area (Å²) in [5.41, 5.74) is -0.495. The van der Waals surface area contributed by atoms with Crippen LogP contribution in [0.2, 0.25) is 0 Å². The van der Waals surface area contributed by atoms with E-state index < -0.39 is 11.7 Å². The lowest BCUT2D eigenvalue weighted by atomic mass is 10.2. The van der Waals surface area contributed by atoms with Crippen molar-refractivity contribution in [3.63, 3.8) is 0 Å². The van der Waals surface area contributed by atoms with Crippen LogP contribution < -0.4 is 5.32 Å². The number of carbonyl (C=O) groups is 2. The van der Waals surface area contributed by atoms with Gasteiger partial charge in [-0.2, -0.15) is 0 Å². The Labute approximate surface area is 112 Å². The van der Waals surface area contributed by atoms with Crippen LogP contribution >= 0.6 is 0 Å². The second-order valence-corrected chi connectivity index (χ2v) is 4.34. The van der Waals surface area contributed by atoms with E-state index >= 15 is 0 Å². The maximum Gasteiger partial charge on any atom is 0.407 e. The highest BCUT2D eigenvalue weighted by molar-refractivity contribution is 5.70. The maximum absolute atomic E-state index is 11.2. The predicted molar refractivity (Wildman–Crippen MR) is 73.6 cm³/mol. The Bertz CT molecular complexity index is 239. The minimum Gasteiger partial charge on any atom is -0.466 e. The first-order valence-corrected chi connectivity index (χ1v) is 6.47. The summed E-state index contributed by atoms with van der Waals surface area (Å²) in [5.74, 6) is -0.242. The van der Waals surface area contributed by atoms with E-state index in [1.165, 1.54) is 0 Å². The topological polar surface area (TPSA) is 64.6 Å². The number of rotatable bonds is 5. The van der Waals surface area contributed by atoms with Crippen molar-refractivity contribution in [2.75, 3.05) is 13.2 Å². The molecule has 110 valence electrons. The molecular weight excluding hydrogens is 234 g/mol. The number of amides is 1. The third-order valence-corrected chi connectivity index (χ3v) is 1.53. The normalized spacial score (nSPS) is 9.89. The van der Waals surface area contributed by atoms with Crippen molar-refractivity contribution in [2.45, 2.75) is 60.0 Å². The monoisotopic (exact) mass is 263 g/mol. The van der Waals surface area contributed by atoms with E-state index in [1.807, 2.05) is 13.8 Å². The fourth-order valence-electron chi connectivity index (χ4n) is 0.971. The Morgan fingerprint density at radius 3 is 2.22 bits per heavy atom. The molecular formula is C13H29NO4. The molecule has 0 saturated heterocycles. The third kappa shape index (κ3) is 14.7. The van der Waals surface area contributed by atoms with Crippen LogP contribution in [0.25, 0.3) is 0 Å². The van der Waals surface area contributed by atoms with Crippen molar-refractivity contribution in [3.05, 3.63) is 0 Å². The quantitative estimate of drug-likeness (QED) is 0.611. The van der Waals surface area contributed by atoms with Crippen molar-refractivity contribution in [1.29, 1.82) is 0 Å². The Morgan fingerprint density at radius 2 is 1.78 bits per heavy atom. The van der Waals surface area contributed by atoms with E-state index in [-0.39, 0.29) is 7.40 Å². The smallest absolute Gasteiger partial charge is 0.407 e. The van der Waals surface area contributed by atoms with Gasteiger partial charge in [0.25, 0.3) is 0 Å². The van der Waals surface area contributed by atoms with Gasteiger partial charge in [-0.1, -0.05) is 13.8 Å². The van der Waals surface area contributed by atoms with Crippen LogP contribution in [-0.2, 0) is 14.3 Å². The molecule has 0 rings (SSSR count). The summed E-state index contributed by atoms with van der Waals surface area (Å²) in [6.07, 6.45) is 0.401. The molecule has 1 amide bonds. The summed E-state index contributed by atoms with van der Waals surface area (Å²) in [5, 5.41) is 2.57. The number of esters is 1. The second-order valence-electron chi connectivity index (χ2n) is 4.34. The van der Waals surface area contributed by atoms with Gasteiger partial charge >= 0.3 is 12.1 Å². The van der Waals surface area contributed by atoms with E-state index in [0.29, 0.717) is 26.0 Å². The first-order valence-electron chi connectivity index (χ1n) is 6.47. The van der Waals surface area contributed by atoms with Gasteiger partial charge in [-0.05, 0) is 34.1 Å². The molecule has 0 heterocycles. The van der Waals surface area contributed by atoms with Gasteiger partial charge in [0.05, 0.1) is 6.61 Å². The molecule has 18 heavy (non-hydrogen) atoms. The van der Waals surface area contributed by atoms with E-state index in [0.717, 1.165) is 0 Å². The van der Waals surface area contributed by atoms with Crippen LogP contribution in [-0.4, -0.2) is 30.8 Å². The standard InChI is InChI=1S/C11H21NO4.C2H6.H2/c1-5-15-9(13)7-6-8-12-10(14)16-11(2,3)4;1-2;/h5-8H2,1-4H3,(H,12,14);1-2H3;1H. The summed E-state index contributed by atoms with van der Waals surface area (Å²) >= 11 is 0. The molecule has 0 aromatic heterocycles. The van der Waals surface area contributed by atoms with E-state index in [2.05, 4.69) is 5.32 Å². The highest BCUT2D eigenvalue weighted by atomic mass is 16.6. The van der Waals surface area contributed by atoms with Gasteiger partial charge in [-0.25, -0.2) is 4.79 Å². The molecule has 0 aliphatic carbocycles. The molecule has 1 N–H and O–H groups in total. The van der Waals surface area contributed by atoms with Crippen molar-refractivity contribution in [2.24, 2.45) is 0 Å². The minimum absolute atomic E-state index is 0. The van der Waals surface area contributed by atoms with Gasteiger partial charge in [0.1, 0.15) is 5.60 Å². The fraction of sp³-hybridized carbons (Fsp3) is 0.846. The predicted octanol–water partition coefficient (Wildman–Crippen LogP) is 3.13. The summed E-state index contributed by atoms with van der Waals surface area (Å²) in [7, 11) is 0. The molecule has 0 aliphatic rings. The van der Waals surface area contributed by atoms with E-state index in [1.54, 1.807) is 27.7 Å². The Morgan fingerprint density at radius 1 is 1.22 bits per heavy atom. The lowest BCUT2D eigenvalue weighted by Crippen LogP contribution is -2.33. The molecule has 0 aliphatic heterocycles. The zero-order valence-corrected chi connectivity index (χ0v) is 12.5. The Hall–Kier alpha value is -1.26. The van der Waals surface area contributed by atoms with Crippen LogP contribution in [0, 0.1) is 0 Å². The molecule has 0 bridgehead atoms. The largest absolute Gasteiger partial charge is 0.466 e. The summed E-state index contributed by atoms with van der Waals surface area (Å²) < 4.78 is 9.77. The van der Waals surface area contributed by atoms with Crippen molar-refractivity contribution < 1.29 is 20.5 Å². The number of ether oxygens (including phenoxy) is 2. The van der Waals surface area contributed by atoms with Crippen LogP contribution in [0.1, 0.15) is 55.8 Å². The third-order valence-electron chi connectivity index (χ3n) is 1.53. The molecule has 0 aromatic carbocycles. The average Bonchev–Trinajstić information content (AvgIpc) is 2.25. The van der Waals surface area contributed by atoms with Gasteiger partial charge in [0, 0.05) is 14.4 Å². The summed E-state index contributed by atoms with van der Waals surface area (Å²) in [6.45, 7) is 11.9. The van der Waals surface area contributed by atoms with Crippen LogP contribution in [0.4, 0.5) is 4.79 Å². The lowest BCUT2D eigenvalue weighted by molar-refractivity contribution is -0.143. The van der Waals surface area contributed by atoms with Crippen molar-refractivity contribution in [1.82, 2.24) is 5.32 Å². The molecule has 0 radical (unpaired) electrons. The van der Waals surface area contributed by atoms with Crippen molar-refractivity contribution in [3.8, 4) is 0 Å². The first kappa shape index (κ1) is 19.1. The summed E-state index contributed by atoms with van der Waals surface area (Å²) in [4.78, 5) is 22.1. The number of nitrogens with one attached hydrogen (secondary N) is 1. The van der Waals surface area contributed by atoms with Crippen LogP contribution in [0.5, 0.6) is 0 Å². The maximum atomic E-state index is 11.2. The molecule has 0 atom stereocenters.